The fourth-order valence-electron chi connectivity index (χ4n) is 3.24. The lowest BCUT2D eigenvalue weighted by Crippen LogP contribution is -2.47. The van der Waals surface area contributed by atoms with Gasteiger partial charge in [0.25, 0.3) is 0 Å². The zero-order valence-electron chi connectivity index (χ0n) is 17.5. The van der Waals surface area contributed by atoms with Crippen molar-refractivity contribution in [2.45, 2.75) is 38.9 Å². The minimum absolute atomic E-state index is 0.131. The number of pyridine rings is 1. The highest BCUT2D eigenvalue weighted by molar-refractivity contribution is 5.87. The normalized spacial score (nSPS) is 11.5. The molecule has 2 aromatic carbocycles. The number of halogens is 1. The Balaban J connectivity index is 1.69. The summed E-state index contributed by atoms with van der Waals surface area (Å²) < 4.78 is 13.3. The van der Waals surface area contributed by atoms with Crippen molar-refractivity contribution in [3.8, 4) is 0 Å². The predicted molar refractivity (Wildman–Crippen MR) is 117 cm³/mol. The Morgan fingerprint density at radius 2 is 1.68 bits per heavy atom. The largest absolute Gasteiger partial charge is 0.349 e. The van der Waals surface area contributed by atoms with Crippen molar-refractivity contribution < 1.29 is 14.0 Å². The number of aryl methyl sites for hydroxylation is 1. The van der Waals surface area contributed by atoms with Gasteiger partial charge < -0.3 is 10.2 Å². The molecule has 1 atom stereocenters. The van der Waals surface area contributed by atoms with Gasteiger partial charge in [-0.3, -0.25) is 14.6 Å². The van der Waals surface area contributed by atoms with E-state index in [0.29, 0.717) is 6.42 Å². The van der Waals surface area contributed by atoms with E-state index in [-0.39, 0.29) is 37.1 Å². The molecule has 3 rings (SSSR count). The fraction of sp³-hybridized carbons (Fsp3) is 0.240. The van der Waals surface area contributed by atoms with Crippen molar-refractivity contribution in [3.63, 3.8) is 0 Å². The maximum atomic E-state index is 13.3. The van der Waals surface area contributed by atoms with Crippen LogP contribution in [0.4, 0.5) is 4.39 Å². The summed E-state index contributed by atoms with van der Waals surface area (Å²) in [7, 11) is 0. The third-order valence-corrected chi connectivity index (χ3v) is 5.07. The Bertz CT molecular complexity index is 979. The van der Waals surface area contributed by atoms with Crippen molar-refractivity contribution >= 4 is 11.8 Å². The second-order valence-corrected chi connectivity index (χ2v) is 7.35. The van der Waals surface area contributed by atoms with E-state index in [4.69, 9.17) is 0 Å². The van der Waals surface area contributed by atoms with Gasteiger partial charge in [-0.15, -0.1) is 0 Å². The van der Waals surface area contributed by atoms with E-state index in [1.807, 2.05) is 48.5 Å². The lowest BCUT2D eigenvalue weighted by atomic mass is 10.1. The zero-order chi connectivity index (χ0) is 22.1. The molecular formula is C25H26FN3O2. The van der Waals surface area contributed by atoms with Gasteiger partial charge in [0.2, 0.25) is 11.8 Å². The van der Waals surface area contributed by atoms with Crippen LogP contribution in [0.2, 0.25) is 0 Å². The second kappa shape index (κ2) is 11.0. The zero-order valence-corrected chi connectivity index (χ0v) is 17.5. The highest BCUT2D eigenvalue weighted by Crippen LogP contribution is 2.14. The number of rotatable bonds is 9. The summed E-state index contributed by atoms with van der Waals surface area (Å²) in [4.78, 5) is 31.6. The van der Waals surface area contributed by atoms with Crippen molar-refractivity contribution in [1.29, 1.82) is 0 Å². The van der Waals surface area contributed by atoms with E-state index in [1.165, 1.54) is 12.1 Å². The molecule has 6 heteroatoms. The van der Waals surface area contributed by atoms with Crippen molar-refractivity contribution in [1.82, 2.24) is 15.2 Å². The standard InChI is InChI=1S/C25H26FN3O2/c1-19(25(31)28-17-23-9-5-6-16-27-23)29(18-21-10-13-22(26)14-11-21)24(30)15-12-20-7-3-2-4-8-20/h2-11,13-14,16,19H,12,15,17-18H2,1H3,(H,28,31). The average Bonchev–Trinajstić information content (AvgIpc) is 2.81. The number of nitrogens with one attached hydrogen (secondary N) is 1. The summed E-state index contributed by atoms with van der Waals surface area (Å²) in [6, 6.07) is 20.5. The molecule has 0 saturated heterocycles. The third kappa shape index (κ3) is 6.74. The van der Waals surface area contributed by atoms with Crippen molar-refractivity contribution in [3.05, 3.63) is 102 Å². The quantitative estimate of drug-likeness (QED) is 0.572. The van der Waals surface area contributed by atoms with Crippen LogP contribution in [0.25, 0.3) is 0 Å². The molecule has 1 heterocycles. The first-order valence-electron chi connectivity index (χ1n) is 10.3. The Kier molecular flexibility index (Phi) is 7.87. The van der Waals surface area contributed by atoms with Crippen LogP contribution in [-0.2, 0) is 29.1 Å². The van der Waals surface area contributed by atoms with Crippen LogP contribution in [0.1, 0.15) is 30.2 Å². The summed E-state index contributed by atoms with van der Waals surface area (Å²) in [5.74, 6) is -0.735. The minimum atomic E-state index is -0.683. The predicted octanol–water partition coefficient (Wildman–Crippen LogP) is 3.89. The summed E-state index contributed by atoms with van der Waals surface area (Å²) in [5, 5.41) is 2.85. The molecule has 0 bridgehead atoms. The molecule has 0 radical (unpaired) electrons. The number of carbonyl (C=O) groups excluding carboxylic acids is 2. The smallest absolute Gasteiger partial charge is 0.242 e. The number of hydrogen-bond donors (Lipinski definition) is 1. The molecule has 0 spiro atoms. The van der Waals surface area contributed by atoms with Gasteiger partial charge in [-0.2, -0.15) is 0 Å². The van der Waals surface area contributed by atoms with E-state index < -0.39 is 6.04 Å². The number of aromatic nitrogens is 1. The van der Waals surface area contributed by atoms with Gasteiger partial charge in [-0.05, 0) is 48.7 Å². The SMILES string of the molecule is CC(C(=O)NCc1ccccn1)N(Cc1ccc(F)cc1)C(=O)CCc1ccccc1. The number of amides is 2. The van der Waals surface area contributed by atoms with Crippen molar-refractivity contribution in [2.75, 3.05) is 0 Å². The van der Waals surface area contributed by atoms with Gasteiger partial charge in [0.15, 0.2) is 0 Å². The van der Waals surface area contributed by atoms with Gasteiger partial charge in [0.05, 0.1) is 12.2 Å². The first-order chi connectivity index (χ1) is 15.0. The van der Waals surface area contributed by atoms with Crippen LogP contribution < -0.4 is 5.32 Å². The summed E-state index contributed by atoms with van der Waals surface area (Å²) >= 11 is 0. The number of benzene rings is 2. The van der Waals surface area contributed by atoms with Crippen LogP contribution in [0.5, 0.6) is 0 Å². The average molecular weight is 420 g/mol. The Morgan fingerprint density at radius 3 is 2.35 bits per heavy atom. The van der Waals surface area contributed by atoms with E-state index >= 15 is 0 Å². The summed E-state index contributed by atoms with van der Waals surface area (Å²) in [5.41, 5.74) is 2.56. The second-order valence-electron chi connectivity index (χ2n) is 7.35. The first-order valence-corrected chi connectivity index (χ1v) is 10.3. The molecule has 0 aliphatic heterocycles. The van der Waals surface area contributed by atoms with Crippen LogP contribution in [0.15, 0.2) is 79.0 Å². The molecule has 3 aromatic rings. The molecule has 0 fully saturated rings. The molecule has 5 nitrogen and oxygen atoms in total. The number of carbonyl (C=O) groups is 2. The third-order valence-electron chi connectivity index (χ3n) is 5.07. The van der Waals surface area contributed by atoms with Gasteiger partial charge in [0.1, 0.15) is 11.9 Å². The number of nitrogens with zero attached hydrogens (tertiary/aromatic N) is 2. The Hall–Kier alpha value is -3.54. The van der Waals surface area contributed by atoms with Crippen LogP contribution in [0, 0.1) is 5.82 Å². The lowest BCUT2D eigenvalue weighted by Gasteiger charge is -2.29. The van der Waals surface area contributed by atoms with Gasteiger partial charge >= 0.3 is 0 Å². The minimum Gasteiger partial charge on any atom is -0.349 e. The molecule has 0 aliphatic rings. The van der Waals surface area contributed by atoms with Gasteiger partial charge in [-0.25, -0.2) is 4.39 Å². The monoisotopic (exact) mass is 419 g/mol. The Labute approximate surface area is 181 Å². The summed E-state index contributed by atoms with van der Waals surface area (Å²) in [6.07, 6.45) is 2.53. The molecule has 2 amide bonds. The molecular weight excluding hydrogens is 393 g/mol. The lowest BCUT2D eigenvalue weighted by molar-refractivity contribution is -0.140. The molecule has 1 aromatic heterocycles. The number of hydrogen-bond acceptors (Lipinski definition) is 3. The molecule has 31 heavy (non-hydrogen) atoms. The summed E-state index contributed by atoms with van der Waals surface area (Å²) in [6.45, 7) is 2.22. The van der Waals surface area contributed by atoms with Crippen LogP contribution in [0.3, 0.4) is 0 Å². The molecule has 1 N–H and O–H groups in total. The molecule has 0 saturated carbocycles. The van der Waals surface area contributed by atoms with E-state index in [9.17, 15) is 14.0 Å². The molecule has 1 unspecified atom stereocenters. The molecule has 0 aliphatic carbocycles. The van der Waals surface area contributed by atoms with Gasteiger partial charge in [-0.1, -0.05) is 48.5 Å². The fourth-order valence-corrected chi connectivity index (χ4v) is 3.24. The van der Waals surface area contributed by atoms with E-state index in [1.54, 1.807) is 30.2 Å². The van der Waals surface area contributed by atoms with Crippen LogP contribution in [-0.4, -0.2) is 27.7 Å². The maximum absolute atomic E-state index is 13.3. The van der Waals surface area contributed by atoms with E-state index in [2.05, 4.69) is 10.3 Å². The highest BCUT2D eigenvalue weighted by atomic mass is 19.1. The Morgan fingerprint density at radius 1 is 0.968 bits per heavy atom. The van der Waals surface area contributed by atoms with E-state index in [0.717, 1.165) is 16.8 Å². The molecule has 160 valence electrons. The topological polar surface area (TPSA) is 62.3 Å². The van der Waals surface area contributed by atoms with Crippen LogP contribution >= 0.6 is 0 Å². The highest BCUT2D eigenvalue weighted by Gasteiger charge is 2.26. The maximum Gasteiger partial charge on any atom is 0.242 e. The first kappa shape index (κ1) is 22.2. The van der Waals surface area contributed by atoms with Gasteiger partial charge in [0, 0.05) is 19.2 Å². The van der Waals surface area contributed by atoms with Crippen molar-refractivity contribution in [2.24, 2.45) is 0 Å².